The highest BCUT2D eigenvalue weighted by atomic mass is 35.5. The van der Waals surface area contributed by atoms with E-state index in [2.05, 4.69) is 5.32 Å². The minimum atomic E-state index is -1.30. The molecule has 2 aromatic rings. The fraction of sp³-hybridized carbons (Fsp3) is 0. The highest BCUT2D eigenvalue weighted by Gasteiger charge is 2.17. The maximum absolute atomic E-state index is 12.1. The van der Waals surface area contributed by atoms with Crippen LogP contribution in [0.25, 0.3) is 0 Å². The molecule has 2 rings (SSSR count). The molecule has 0 bridgehead atoms. The van der Waals surface area contributed by atoms with Crippen molar-refractivity contribution in [2.75, 3.05) is 5.32 Å². The van der Waals surface area contributed by atoms with Gasteiger partial charge in [0.15, 0.2) is 0 Å². The van der Waals surface area contributed by atoms with Crippen molar-refractivity contribution >= 4 is 40.8 Å². The Balaban J connectivity index is 2.30. The lowest BCUT2D eigenvalue weighted by Gasteiger charge is -2.09. The van der Waals surface area contributed by atoms with E-state index in [1.165, 1.54) is 18.2 Å². The standard InChI is InChI=1S/C14H9Cl2NO5/c15-6-3-9(12(19)10(16)4-6)13(20)17-7-1-2-8(14(21)22)11(18)5-7/h1-5,18-19H,(H,17,20)(H,21,22). The van der Waals surface area contributed by atoms with Crippen LogP contribution in [0.2, 0.25) is 10.0 Å². The first kappa shape index (κ1) is 15.9. The smallest absolute Gasteiger partial charge is 0.339 e. The van der Waals surface area contributed by atoms with Gasteiger partial charge in [-0.05, 0) is 24.3 Å². The van der Waals surface area contributed by atoms with Gasteiger partial charge in [0, 0.05) is 16.8 Å². The van der Waals surface area contributed by atoms with Crippen molar-refractivity contribution < 1.29 is 24.9 Å². The normalized spacial score (nSPS) is 10.3. The second-order valence-corrected chi connectivity index (χ2v) is 5.12. The Bertz CT molecular complexity index is 776. The van der Waals surface area contributed by atoms with Crippen molar-refractivity contribution in [3.8, 4) is 11.5 Å². The molecule has 2 aromatic carbocycles. The SMILES string of the molecule is O=C(O)c1ccc(NC(=O)c2cc(Cl)cc(Cl)c2O)cc1O. The molecule has 0 spiro atoms. The summed E-state index contributed by atoms with van der Waals surface area (Å²) in [6.07, 6.45) is 0. The van der Waals surface area contributed by atoms with Gasteiger partial charge in [0.2, 0.25) is 0 Å². The number of carbonyl (C=O) groups is 2. The van der Waals surface area contributed by atoms with Crippen LogP contribution >= 0.6 is 23.2 Å². The lowest BCUT2D eigenvalue weighted by atomic mass is 10.1. The van der Waals surface area contributed by atoms with Gasteiger partial charge in [0.05, 0.1) is 10.6 Å². The molecule has 0 fully saturated rings. The zero-order chi connectivity index (χ0) is 16.4. The minimum absolute atomic E-state index is 0.0817. The number of rotatable bonds is 3. The number of phenolic OH excluding ortho intramolecular Hbond substituents is 1. The van der Waals surface area contributed by atoms with Gasteiger partial charge in [0.1, 0.15) is 17.1 Å². The van der Waals surface area contributed by atoms with Crippen molar-refractivity contribution in [2.24, 2.45) is 0 Å². The van der Waals surface area contributed by atoms with E-state index in [1.54, 1.807) is 0 Å². The van der Waals surface area contributed by atoms with Crippen LogP contribution in [0.1, 0.15) is 20.7 Å². The predicted octanol–water partition coefficient (Wildman–Crippen LogP) is 3.36. The molecule has 6 nitrogen and oxygen atoms in total. The molecule has 8 heteroatoms. The summed E-state index contributed by atoms with van der Waals surface area (Å²) >= 11 is 11.5. The number of halogens is 2. The monoisotopic (exact) mass is 341 g/mol. The summed E-state index contributed by atoms with van der Waals surface area (Å²) in [5.41, 5.74) is -0.311. The Morgan fingerprint density at radius 1 is 1.00 bits per heavy atom. The summed E-state index contributed by atoms with van der Waals surface area (Å²) in [5.74, 6) is -2.95. The number of carbonyl (C=O) groups excluding carboxylic acids is 1. The summed E-state index contributed by atoms with van der Waals surface area (Å²) in [5, 5.41) is 30.6. The van der Waals surface area contributed by atoms with Crippen LogP contribution in [0.4, 0.5) is 5.69 Å². The highest BCUT2D eigenvalue weighted by Crippen LogP contribution is 2.32. The summed E-state index contributed by atoms with van der Waals surface area (Å²) < 4.78 is 0. The van der Waals surface area contributed by atoms with Crippen molar-refractivity contribution in [3.05, 3.63) is 51.5 Å². The number of anilines is 1. The van der Waals surface area contributed by atoms with E-state index in [9.17, 15) is 19.8 Å². The second kappa shape index (κ2) is 6.13. The lowest BCUT2D eigenvalue weighted by Crippen LogP contribution is -2.12. The van der Waals surface area contributed by atoms with Crippen LogP contribution in [0.15, 0.2) is 30.3 Å². The average molecular weight is 342 g/mol. The van der Waals surface area contributed by atoms with Gasteiger partial charge < -0.3 is 20.6 Å². The second-order valence-electron chi connectivity index (χ2n) is 4.27. The average Bonchev–Trinajstić information content (AvgIpc) is 2.42. The summed E-state index contributed by atoms with van der Waals surface area (Å²) in [4.78, 5) is 22.9. The molecule has 4 N–H and O–H groups in total. The zero-order valence-electron chi connectivity index (χ0n) is 10.8. The maximum atomic E-state index is 12.1. The zero-order valence-corrected chi connectivity index (χ0v) is 12.3. The molecule has 22 heavy (non-hydrogen) atoms. The number of carboxylic acids is 1. The third-order valence-electron chi connectivity index (χ3n) is 2.76. The van der Waals surface area contributed by atoms with Gasteiger partial charge in [0.25, 0.3) is 5.91 Å². The van der Waals surface area contributed by atoms with Crippen molar-refractivity contribution in [1.29, 1.82) is 0 Å². The van der Waals surface area contributed by atoms with Crippen LogP contribution in [0.3, 0.4) is 0 Å². The summed E-state index contributed by atoms with van der Waals surface area (Å²) in [6.45, 7) is 0. The van der Waals surface area contributed by atoms with Gasteiger partial charge in [-0.2, -0.15) is 0 Å². The predicted molar refractivity (Wildman–Crippen MR) is 81.1 cm³/mol. The van der Waals surface area contributed by atoms with E-state index in [0.29, 0.717) is 0 Å². The fourth-order valence-electron chi connectivity index (χ4n) is 1.73. The van der Waals surface area contributed by atoms with Crippen LogP contribution < -0.4 is 5.32 Å². The molecule has 114 valence electrons. The maximum Gasteiger partial charge on any atom is 0.339 e. The molecule has 0 aliphatic carbocycles. The molecule has 0 radical (unpaired) electrons. The van der Waals surface area contributed by atoms with Crippen molar-refractivity contribution in [2.45, 2.75) is 0 Å². The topological polar surface area (TPSA) is 107 Å². The molecule has 0 aromatic heterocycles. The minimum Gasteiger partial charge on any atom is -0.507 e. The molecule has 0 unspecified atom stereocenters. The molecule has 0 saturated heterocycles. The number of carboxylic acid groups (broad SMARTS) is 1. The van der Waals surface area contributed by atoms with E-state index in [0.717, 1.165) is 12.1 Å². The molecule has 0 heterocycles. The number of aromatic hydroxyl groups is 2. The first-order chi connectivity index (χ1) is 10.3. The third kappa shape index (κ3) is 3.24. The van der Waals surface area contributed by atoms with E-state index in [4.69, 9.17) is 28.3 Å². The first-order valence-corrected chi connectivity index (χ1v) is 6.61. The molecule has 0 aliphatic rings. The number of amides is 1. The first-order valence-electron chi connectivity index (χ1n) is 5.85. The summed E-state index contributed by atoms with van der Waals surface area (Å²) in [7, 11) is 0. The Labute approximate surface area is 134 Å². The van der Waals surface area contributed by atoms with E-state index in [1.807, 2.05) is 0 Å². The molecule has 1 amide bonds. The van der Waals surface area contributed by atoms with Gasteiger partial charge in [-0.25, -0.2) is 4.79 Å². The van der Waals surface area contributed by atoms with Crippen LogP contribution in [0, 0.1) is 0 Å². The van der Waals surface area contributed by atoms with E-state index in [-0.39, 0.29) is 26.9 Å². The number of phenols is 2. The number of hydrogen-bond acceptors (Lipinski definition) is 4. The van der Waals surface area contributed by atoms with Gasteiger partial charge >= 0.3 is 5.97 Å². The molecular formula is C14H9Cl2NO5. The summed E-state index contributed by atoms with van der Waals surface area (Å²) in [6, 6.07) is 6.01. The quantitative estimate of drug-likeness (QED) is 0.684. The lowest BCUT2D eigenvalue weighted by molar-refractivity contribution is 0.0693. The number of hydrogen-bond donors (Lipinski definition) is 4. The number of nitrogens with one attached hydrogen (secondary N) is 1. The Morgan fingerprint density at radius 2 is 1.68 bits per heavy atom. The van der Waals surface area contributed by atoms with E-state index < -0.39 is 23.4 Å². The van der Waals surface area contributed by atoms with Gasteiger partial charge in [-0.3, -0.25) is 4.79 Å². The van der Waals surface area contributed by atoms with Crippen LogP contribution in [-0.4, -0.2) is 27.2 Å². The highest BCUT2D eigenvalue weighted by molar-refractivity contribution is 6.36. The van der Waals surface area contributed by atoms with Crippen LogP contribution in [-0.2, 0) is 0 Å². The fourth-order valence-corrected chi connectivity index (χ4v) is 2.22. The van der Waals surface area contributed by atoms with Crippen molar-refractivity contribution in [3.63, 3.8) is 0 Å². The van der Waals surface area contributed by atoms with Gasteiger partial charge in [-0.1, -0.05) is 23.2 Å². The number of benzene rings is 2. The van der Waals surface area contributed by atoms with Crippen LogP contribution in [0.5, 0.6) is 11.5 Å². The Kier molecular flexibility index (Phi) is 4.44. The number of aromatic carboxylic acids is 1. The van der Waals surface area contributed by atoms with Gasteiger partial charge in [-0.15, -0.1) is 0 Å². The molecule has 0 saturated carbocycles. The van der Waals surface area contributed by atoms with E-state index >= 15 is 0 Å². The largest absolute Gasteiger partial charge is 0.507 e. The Hall–Kier alpha value is -2.44. The Morgan fingerprint density at radius 3 is 2.27 bits per heavy atom. The molecular weight excluding hydrogens is 333 g/mol. The molecule has 0 atom stereocenters. The third-order valence-corrected chi connectivity index (χ3v) is 3.27. The van der Waals surface area contributed by atoms with Crippen molar-refractivity contribution in [1.82, 2.24) is 0 Å². The molecule has 0 aliphatic heterocycles.